The zero-order chi connectivity index (χ0) is 13.0. The van der Waals surface area contributed by atoms with Crippen molar-refractivity contribution in [3.8, 4) is 11.5 Å². The zero-order valence-corrected chi connectivity index (χ0v) is 10.6. The van der Waals surface area contributed by atoms with Crippen LogP contribution in [0.2, 0.25) is 0 Å². The van der Waals surface area contributed by atoms with Crippen LogP contribution < -0.4 is 15.2 Å². The molecule has 2 rings (SSSR count). The summed E-state index contributed by atoms with van der Waals surface area (Å²) in [4.78, 5) is 8.40. The summed E-state index contributed by atoms with van der Waals surface area (Å²) in [6.45, 7) is 3.12. The topological polar surface area (TPSA) is 70.3 Å². The highest BCUT2D eigenvalue weighted by Crippen LogP contribution is 2.32. The first kappa shape index (κ1) is 12.6. The van der Waals surface area contributed by atoms with Crippen molar-refractivity contribution in [3.63, 3.8) is 0 Å². The Morgan fingerprint density at radius 1 is 1.22 bits per heavy atom. The van der Waals surface area contributed by atoms with Gasteiger partial charge in [-0.3, -0.25) is 0 Å². The van der Waals surface area contributed by atoms with E-state index in [-0.39, 0.29) is 0 Å². The number of aromatic nitrogens is 2. The largest absolute Gasteiger partial charge is 0.493 e. The second-order valence-corrected chi connectivity index (χ2v) is 3.97. The first-order valence-electron chi connectivity index (χ1n) is 5.88. The molecule has 0 spiro atoms. The van der Waals surface area contributed by atoms with Crippen LogP contribution in [0, 0.1) is 6.92 Å². The van der Waals surface area contributed by atoms with E-state index in [2.05, 4.69) is 9.97 Å². The average molecular weight is 247 g/mol. The Hall–Kier alpha value is -1.88. The van der Waals surface area contributed by atoms with E-state index in [1.165, 1.54) is 0 Å². The van der Waals surface area contributed by atoms with Gasteiger partial charge in [0, 0.05) is 17.1 Å². The molecule has 5 heteroatoms. The third kappa shape index (κ3) is 2.51. The molecule has 96 valence electrons. The van der Waals surface area contributed by atoms with E-state index >= 15 is 0 Å². The van der Waals surface area contributed by atoms with Crippen molar-refractivity contribution in [2.24, 2.45) is 5.73 Å². The lowest BCUT2D eigenvalue weighted by atomic mass is 10.2. The molecule has 0 unspecified atom stereocenters. The molecule has 18 heavy (non-hydrogen) atoms. The summed E-state index contributed by atoms with van der Waals surface area (Å²) in [5.41, 5.74) is 7.22. The minimum atomic E-state index is 0.572. The molecule has 1 heterocycles. The predicted molar refractivity (Wildman–Crippen MR) is 70.0 cm³/mol. The SMILES string of the molecule is COc1cc2c(C)ncnc2cc1OCCCN. The van der Waals surface area contributed by atoms with Crippen molar-refractivity contribution in [3.05, 3.63) is 24.2 Å². The number of nitrogens with two attached hydrogens (primary N) is 1. The van der Waals surface area contributed by atoms with Crippen LogP contribution in [0.5, 0.6) is 11.5 Å². The molecule has 0 aliphatic heterocycles. The van der Waals surface area contributed by atoms with E-state index in [1.54, 1.807) is 13.4 Å². The quantitative estimate of drug-likeness (QED) is 0.814. The number of hydrogen-bond donors (Lipinski definition) is 1. The first-order valence-corrected chi connectivity index (χ1v) is 5.88. The number of methoxy groups -OCH3 is 1. The van der Waals surface area contributed by atoms with Gasteiger partial charge in [-0.1, -0.05) is 0 Å². The minimum absolute atomic E-state index is 0.572. The van der Waals surface area contributed by atoms with Gasteiger partial charge in [-0.25, -0.2) is 9.97 Å². The molecule has 0 aliphatic carbocycles. The fraction of sp³-hybridized carbons (Fsp3) is 0.385. The summed E-state index contributed by atoms with van der Waals surface area (Å²) < 4.78 is 11.0. The van der Waals surface area contributed by atoms with E-state index in [0.717, 1.165) is 23.0 Å². The molecule has 0 saturated heterocycles. The van der Waals surface area contributed by atoms with Gasteiger partial charge < -0.3 is 15.2 Å². The second-order valence-electron chi connectivity index (χ2n) is 3.97. The number of rotatable bonds is 5. The molecular weight excluding hydrogens is 230 g/mol. The van der Waals surface area contributed by atoms with E-state index in [4.69, 9.17) is 15.2 Å². The second kappa shape index (κ2) is 5.64. The molecule has 0 amide bonds. The molecule has 1 aromatic heterocycles. The first-order chi connectivity index (χ1) is 8.76. The third-order valence-electron chi connectivity index (χ3n) is 2.73. The lowest BCUT2D eigenvalue weighted by Crippen LogP contribution is -2.06. The molecule has 2 N–H and O–H groups in total. The molecule has 1 aromatic carbocycles. The summed E-state index contributed by atoms with van der Waals surface area (Å²) >= 11 is 0. The molecule has 0 saturated carbocycles. The minimum Gasteiger partial charge on any atom is -0.493 e. The number of fused-ring (bicyclic) bond motifs is 1. The van der Waals surface area contributed by atoms with Crippen molar-refractivity contribution in [1.82, 2.24) is 9.97 Å². The van der Waals surface area contributed by atoms with Crippen LogP contribution in [0.1, 0.15) is 12.1 Å². The van der Waals surface area contributed by atoms with Gasteiger partial charge in [0.2, 0.25) is 0 Å². The van der Waals surface area contributed by atoms with Crippen LogP contribution in [0.15, 0.2) is 18.5 Å². The maximum Gasteiger partial charge on any atom is 0.163 e. The Labute approximate surface area is 106 Å². The average Bonchev–Trinajstić information content (AvgIpc) is 2.39. The Morgan fingerprint density at radius 2 is 2.06 bits per heavy atom. The Kier molecular flexibility index (Phi) is 3.94. The third-order valence-corrected chi connectivity index (χ3v) is 2.73. The standard InChI is InChI=1S/C13H17N3O2/c1-9-10-6-12(17-2)13(18-5-3-4-14)7-11(10)16-8-15-9/h6-8H,3-5,14H2,1-2H3. The van der Waals surface area contributed by atoms with Gasteiger partial charge in [0.05, 0.1) is 19.2 Å². The molecule has 0 fully saturated rings. The van der Waals surface area contributed by atoms with Gasteiger partial charge in [0.25, 0.3) is 0 Å². The van der Waals surface area contributed by atoms with Gasteiger partial charge >= 0.3 is 0 Å². The maximum atomic E-state index is 5.65. The Bertz CT molecular complexity index is 543. The summed E-state index contributed by atoms with van der Waals surface area (Å²) in [5, 5.41) is 0.973. The number of aryl methyl sites for hydroxylation is 1. The van der Waals surface area contributed by atoms with E-state index in [1.807, 2.05) is 19.1 Å². The summed E-state index contributed by atoms with van der Waals surface area (Å²) in [6, 6.07) is 3.78. The van der Waals surface area contributed by atoms with Gasteiger partial charge in [0.1, 0.15) is 6.33 Å². The molecule has 2 aromatic rings. The van der Waals surface area contributed by atoms with Gasteiger partial charge in [0.15, 0.2) is 11.5 Å². The number of ether oxygens (including phenoxy) is 2. The highest BCUT2D eigenvalue weighted by atomic mass is 16.5. The molecule has 0 atom stereocenters. The zero-order valence-electron chi connectivity index (χ0n) is 10.6. The fourth-order valence-corrected chi connectivity index (χ4v) is 1.73. The summed E-state index contributed by atoms with van der Waals surface area (Å²) in [5.74, 6) is 1.38. The monoisotopic (exact) mass is 247 g/mol. The summed E-state index contributed by atoms with van der Waals surface area (Å²) in [6.07, 6.45) is 2.36. The summed E-state index contributed by atoms with van der Waals surface area (Å²) in [7, 11) is 1.62. The molecule has 0 aliphatic rings. The smallest absolute Gasteiger partial charge is 0.163 e. The van der Waals surface area contributed by atoms with Crippen molar-refractivity contribution >= 4 is 10.9 Å². The van der Waals surface area contributed by atoms with Crippen molar-refractivity contribution < 1.29 is 9.47 Å². The molecule has 0 bridgehead atoms. The maximum absolute atomic E-state index is 5.65. The van der Waals surface area contributed by atoms with E-state index < -0.39 is 0 Å². The lowest BCUT2D eigenvalue weighted by Gasteiger charge is -2.12. The van der Waals surface area contributed by atoms with E-state index in [0.29, 0.717) is 24.7 Å². The van der Waals surface area contributed by atoms with E-state index in [9.17, 15) is 0 Å². The van der Waals surface area contributed by atoms with Crippen molar-refractivity contribution in [1.29, 1.82) is 0 Å². The lowest BCUT2D eigenvalue weighted by molar-refractivity contribution is 0.292. The number of nitrogens with zero attached hydrogens (tertiary/aromatic N) is 2. The van der Waals surface area contributed by atoms with Crippen LogP contribution >= 0.6 is 0 Å². The molecular formula is C13H17N3O2. The molecule has 0 radical (unpaired) electrons. The number of hydrogen-bond acceptors (Lipinski definition) is 5. The predicted octanol–water partition coefficient (Wildman–Crippen LogP) is 1.67. The van der Waals surface area contributed by atoms with Crippen molar-refractivity contribution in [2.75, 3.05) is 20.3 Å². The molecule has 5 nitrogen and oxygen atoms in total. The van der Waals surface area contributed by atoms with Crippen LogP contribution in [0.3, 0.4) is 0 Å². The van der Waals surface area contributed by atoms with Crippen LogP contribution in [-0.4, -0.2) is 30.2 Å². The Morgan fingerprint density at radius 3 is 2.78 bits per heavy atom. The highest BCUT2D eigenvalue weighted by molar-refractivity contribution is 5.84. The van der Waals surface area contributed by atoms with Gasteiger partial charge in [-0.2, -0.15) is 0 Å². The normalized spacial score (nSPS) is 10.6. The van der Waals surface area contributed by atoms with Crippen molar-refractivity contribution in [2.45, 2.75) is 13.3 Å². The Balaban J connectivity index is 2.39. The van der Waals surface area contributed by atoms with Crippen LogP contribution in [0.4, 0.5) is 0 Å². The van der Waals surface area contributed by atoms with Gasteiger partial charge in [-0.05, 0) is 26.0 Å². The highest BCUT2D eigenvalue weighted by Gasteiger charge is 2.09. The van der Waals surface area contributed by atoms with Gasteiger partial charge in [-0.15, -0.1) is 0 Å². The number of benzene rings is 1. The van der Waals surface area contributed by atoms with Crippen LogP contribution in [0.25, 0.3) is 10.9 Å². The fourth-order valence-electron chi connectivity index (χ4n) is 1.73. The van der Waals surface area contributed by atoms with Crippen LogP contribution in [-0.2, 0) is 0 Å².